The van der Waals surface area contributed by atoms with Crippen molar-refractivity contribution in [3.8, 4) is 0 Å². The van der Waals surface area contributed by atoms with Crippen molar-refractivity contribution in [2.75, 3.05) is 0 Å². The third kappa shape index (κ3) is 3.98. The Bertz CT molecular complexity index is 611. The van der Waals surface area contributed by atoms with Gasteiger partial charge in [-0.15, -0.1) is 0 Å². The standard InChI is InChI=1S/C20H23FO2/c1-14-19(22)13-18(12-7-15-5-3-2-4-6-15)23-20(14)16-8-10-17(21)11-9-16/h2-6,8-11,14,18-20,22H,7,12-13H2,1H3/t14-,18-,19+,20-/m1/s1. The van der Waals surface area contributed by atoms with Crippen LogP contribution in [-0.2, 0) is 11.2 Å². The fourth-order valence-corrected chi connectivity index (χ4v) is 3.27. The van der Waals surface area contributed by atoms with Gasteiger partial charge < -0.3 is 9.84 Å². The van der Waals surface area contributed by atoms with E-state index in [-0.39, 0.29) is 30.0 Å². The Hall–Kier alpha value is -1.71. The highest BCUT2D eigenvalue weighted by atomic mass is 19.1. The number of ether oxygens (including phenoxy) is 1. The predicted molar refractivity (Wildman–Crippen MR) is 88.6 cm³/mol. The van der Waals surface area contributed by atoms with Crippen LogP contribution in [0.25, 0.3) is 0 Å². The number of aliphatic hydroxyl groups is 1. The molecule has 1 saturated heterocycles. The first-order valence-electron chi connectivity index (χ1n) is 8.26. The molecule has 0 spiro atoms. The Kier molecular flexibility index (Phi) is 5.09. The van der Waals surface area contributed by atoms with E-state index in [9.17, 15) is 9.50 Å². The lowest BCUT2D eigenvalue weighted by atomic mass is 9.85. The summed E-state index contributed by atoms with van der Waals surface area (Å²) in [7, 11) is 0. The maximum absolute atomic E-state index is 13.1. The molecule has 1 aliphatic heterocycles. The van der Waals surface area contributed by atoms with E-state index in [1.165, 1.54) is 17.7 Å². The van der Waals surface area contributed by atoms with Crippen LogP contribution < -0.4 is 0 Å². The van der Waals surface area contributed by atoms with Gasteiger partial charge in [-0.25, -0.2) is 4.39 Å². The van der Waals surface area contributed by atoms with Crippen LogP contribution in [0.15, 0.2) is 54.6 Å². The van der Waals surface area contributed by atoms with E-state index in [0.717, 1.165) is 18.4 Å². The first-order chi connectivity index (χ1) is 11.1. The third-order valence-electron chi connectivity index (χ3n) is 4.72. The lowest BCUT2D eigenvalue weighted by Crippen LogP contribution is -2.38. The van der Waals surface area contributed by atoms with Crippen LogP contribution in [-0.4, -0.2) is 17.3 Å². The summed E-state index contributed by atoms with van der Waals surface area (Å²) in [6.45, 7) is 1.99. The highest BCUT2D eigenvalue weighted by Gasteiger charge is 2.35. The van der Waals surface area contributed by atoms with Crippen LogP contribution in [0.1, 0.15) is 37.0 Å². The molecule has 0 radical (unpaired) electrons. The molecule has 0 bridgehead atoms. The van der Waals surface area contributed by atoms with Gasteiger partial charge in [0.25, 0.3) is 0 Å². The van der Waals surface area contributed by atoms with Crippen molar-refractivity contribution in [1.29, 1.82) is 0 Å². The van der Waals surface area contributed by atoms with Crippen molar-refractivity contribution in [3.05, 3.63) is 71.5 Å². The van der Waals surface area contributed by atoms with Crippen LogP contribution in [0.2, 0.25) is 0 Å². The van der Waals surface area contributed by atoms with Gasteiger partial charge in [0.05, 0.1) is 18.3 Å². The molecule has 4 atom stereocenters. The first kappa shape index (κ1) is 16.2. The van der Waals surface area contributed by atoms with Crippen LogP contribution in [0.3, 0.4) is 0 Å². The summed E-state index contributed by atoms with van der Waals surface area (Å²) in [5, 5.41) is 10.4. The molecule has 2 aromatic carbocycles. The summed E-state index contributed by atoms with van der Waals surface area (Å²) >= 11 is 0. The Balaban J connectivity index is 1.67. The average molecular weight is 314 g/mol. The zero-order valence-corrected chi connectivity index (χ0v) is 13.4. The van der Waals surface area contributed by atoms with Gasteiger partial charge in [-0.2, -0.15) is 0 Å². The van der Waals surface area contributed by atoms with Gasteiger partial charge >= 0.3 is 0 Å². The zero-order chi connectivity index (χ0) is 16.2. The molecule has 1 fully saturated rings. The lowest BCUT2D eigenvalue weighted by molar-refractivity contribution is -0.135. The fraction of sp³-hybridized carbons (Fsp3) is 0.400. The van der Waals surface area contributed by atoms with E-state index in [4.69, 9.17) is 4.74 Å². The molecule has 0 unspecified atom stereocenters. The number of hydrogen-bond acceptors (Lipinski definition) is 2. The monoisotopic (exact) mass is 314 g/mol. The molecule has 3 rings (SSSR count). The summed E-state index contributed by atoms with van der Waals surface area (Å²) < 4.78 is 19.4. The van der Waals surface area contributed by atoms with Gasteiger partial charge in [-0.1, -0.05) is 49.4 Å². The van der Waals surface area contributed by atoms with E-state index >= 15 is 0 Å². The highest BCUT2D eigenvalue weighted by molar-refractivity contribution is 5.20. The molecular weight excluding hydrogens is 291 g/mol. The molecule has 0 amide bonds. The summed E-state index contributed by atoms with van der Waals surface area (Å²) in [5.74, 6) is -0.244. The number of aryl methyl sites for hydroxylation is 1. The molecule has 2 nitrogen and oxygen atoms in total. The fourth-order valence-electron chi connectivity index (χ4n) is 3.27. The molecule has 2 aromatic rings. The van der Waals surface area contributed by atoms with E-state index in [1.54, 1.807) is 12.1 Å². The van der Waals surface area contributed by atoms with Gasteiger partial charge in [0.15, 0.2) is 0 Å². The minimum atomic E-state index is -0.389. The minimum absolute atomic E-state index is 0.00781. The Morgan fingerprint density at radius 1 is 1.09 bits per heavy atom. The molecule has 0 aliphatic carbocycles. The minimum Gasteiger partial charge on any atom is -0.393 e. The van der Waals surface area contributed by atoms with Crippen LogP contribution in [0.4, 0.5) is 4.39 Å². The Morgan fingerprint density at radius 3 is 2.48 bits per heavy atom. The molecule has 1 heterocycles. The predicted octanol–water partition coefficient (Wildman–Crippen LogP) is 4.29. The van der Waals surface area contributed by atoms with Gasteiger partial charge in [0, 0.05) is 5.92 Å². The zero-order valence-electron chi connectivity index (χ0n) is 13.4. The molecule has 0 aromatic heterocycles. The van der Waals surface area contributed by atoms with Crippen LogP contribution in [0, 0.1) is 11.7 Å². The number of halogens is 1. The van der Waals surface area contributed by atoms with E-state index in [0.29, 0.717) is 6.42 Å². The van der Waals surface area contributed by atoms with Gasteiger partial charge in [-0.05, 0) is 42.5 Å². The van der Waals surface area contributed by atoms with Crippen molar-refractivity contribution in [1.82, 2.24) is 0 Å². The number of hydrogen-bond donors (Lipinski definition) is 1. The summed E-state index contributed by atoms with van der Waals surface area (Å²) in [4.78, 5) is 0. The van der Waals surface area contributed by atoms with Crippen molar-refractivity contribution in [2.24, 2.45) is 5.92 Å². The highest BCUT2D eigenvalue weighted by Crippen LogP contribution is 2.37. The summed E-state index contributed by atoms with van der Waals surface area (Å²) in [6.07, 6.45) is 1.93. The lowest BCUT2D eigenvalue weighted by Gasteiger charge is -2.38. The Labute approximate surface area is 136 Å². The smallest absolute Gasteiger partial charge is 0.123 e. The van der Waals surface area contributed by atoms with Crippen molar-refractivity contribution < 1.29 is 14.2 Å². The summed E-state index contributed by atoms with van der Waals surface area (Å²) in [6, 6.07) is 16.7. The summed E-state index contributed by atoms with van der Waals surface area (Å²) in [5.41, 5.74) is 2.21. The first-order valence-corrected chi connectivity index (χ1v) is 8.26. The maximum atomic E-state index is 13.1. The molecule has 122 valence electrons. The largest absolute Gasteiger partial charge is 0.393 e. The van der Waals surface area contributed by atoms with Gasteiger partial charge in [-0.3, -0.25) is 0 Å². The van der Waals surface area contributed by atoms with Gasteiger partial charge in [0.2, 0.25) is 0 Å². The SMILES string of the molecule is C[C@@H]1[C@@H](O)C[C@@H](CCc2ccccc2)O[C@H]1c1ccc(F)cc1. The van der Waals surface area contributed by atoms with Crippen molar-refractivity contribution in [2.45, 2.75) is 44.5 Å². The molecule has 3 heteroatoms. The molecule has 0 saturated carbocycles. The molecule has 1 aliphatic rings. The van der Waals surface area contributed by atoms with Crippen LogP contribution >= 0.6 is 0 Å². The van der Waals surface area contributed by atoms with Crippen molar-refractivity contribution in [3.63, 3.8) is 0 Å². The quantitative estimate of drug-likeness (QED) is 0.912. The number of aliphatic hydroxyl groups excluding tert-OH is 1. The Morgan fingerprint density at radius 2 is 1.78 bits per heavy atom. The second-order valence-corrected chi connectivity index (χ2v) is 6.42. The molecular formula is C20H23FO2. The average Bonchev–Trinajstić information content (AvgIpc) is 2.57. The number of benzene rings is 2. The molecule has 1 N–H and O–H groups in total. The molecule has 23 heavy (non-hydrogen) atoms. The van der Waals surface area contributed by atoms with Gasteiger partial charge in [0.1, 0.15) is 5.82 Å². The van der Waals surface area contributed by atoms with Crippen LogP contribution in [0.5, 0.6) is 0 Å². The second-order valence-electron chi connectivity index (χ2n) is 6.42. The third-order valence-corrected chi connectivity index (χ3v) is 4.72. The normalized spacial score (nSPS) is 27.8. The second kappa shape index (κ2) is 7.24. The maximum Gasteiger partial charge on any atom is 0.123 e. The van der Waals surface area contributed by atoms with E-state index in [2.05, 4.69) is 12.1 Å². The van der Waals surface area contributed by atoms with E-state index < -0.39 is 0 Å². The topological polar surface area (TPSA) is 29.5 Å². The number of rotatable bonds is 4. The van der Waals surface area contributed by atoms with E-state index in [1.807, 2.05) is 25.1 Å². The van der Waals surface area contributed by atoms with Crippen molar-refractivity contribution >= 4 is 0 Å².